The summed E-state index contributed by atoms with van der Waals surface area (Å²) >= 11 is 11.6. The molecule has 2 amide bonds. The van der Waals surface area contributed by atoms with Gasteiger partial charge in [-0.15, -0.1) is 0 Å². The van der Waals surface area contributed by atoms with Crippen molar-refractivity contribution < 1.29 is 19.2 Å². The Hall–Kier alpha value is -2.84. The molecule has 0 bridgehead atoms. The normalized spacial score (nSPS) is 13.9. The fourth-order valence-corrected chi connectivity index (χ4v) is 3.23. The fourth-order valence-electron chi connectivity index (χ4n) is 2.93. The predicted octanol–water partition coefficient (Wildman–Crippen LogP) is 3.27. The van der Waals surface area contributed by atoms with Crippen LogP contribution in [0.5, 0.6) is 5.75 Å². The lowest BCUT2D eigenvalue weighted by Gasteiger charge is -2.34. The maximum atomic E-state index is 12.7. The molecule has 0 aliphatic carbocycles. The van der Waals surface area contributed by atoms with Gasteiger partial charge >= 0.3 is 0 Å². The molecule has 0 radical (unpaired) electrons. The lowest BCUT2D eigenvalue weighted by Crippen LogP contribution is -2.51. The van der Waals surface area contributed by atoms with Gasteiger partial charge in [-0.2, -0.15) is 0 Å². The zero-order valence-electron chi connectivity index (χ0n) is 15.2. The molecule has 2 aromatic rings. The van der Waals surface area contributed by atoms with E-state index in [2.05, 4.69) is 0 Å². The third kappa shape index (κ3) is 5.16. The van der Waals surface area contributed by atoms with Gasteiger partial charge in [0.15, 0.2) is 6.61 Å². The number of hydrogen-bond acceptors (Lipinski definition) is 5. The van der Waals surface area contributed by atoms with E-state index in [4.69, 9.17) is 27.9 Å². The Labute approximate surface area is 176 Å². The second-order valence-electron chi connectivity index (χ2n) is 6.33. The SMILES string of the molecule is O=C(COc1ccc(Cl)cc1)N1CCN(C(=O)c2ccc(Cl)cc2[N+](=O)[O-])CC1. The van der Waals surface area contributed by atoms with Crippen LogP contribution in [0.1, 0.15) is 10.4 Å². The third-order valence-electron chi connectivity index (χ3n) is 4.48. The van der Waals surface area contributed by atoms with E-state index in [0.717, 1.165) is 6.07 Å². The van der Waals surface area contributed by atoms with Crippen molar-refractivity contribution in [3.63, 3.8) is 0 Å². The first-order chi connectivity index (χ1) is 13.8. The number of carbonyl (C=O) groups excluding carboxylic acids is 2. The van der Waals surface area contributed by atoms with Gasteiger partial charge in [-0.25, -0.2) is 0 Å². The number of carbonyl (C=O) groups is 2. The number of nitrogens with zero attached hydrogens (tertiary/aromatic N) is 3. The molecule has 8 nitrogen and oxygen atoms in total. The number of rotatable bonds is 5. The van der Waals surface area contributed by atoms with E-state index < -0.39 is 10.8 Å². The first-order valence-electron chi connectivity index (χ1n) is 8.74. The van der Waals surface area contributed by atoms with Crippen LogP contribution in [0.4, 0.5) is 5.69 Å². The van der Waals surface area contributed by atoms with Crippen molar-refractivity contribution in [2.45, 2.75) is 0 Å². The smallest absolute Gasteiger partial charge is 0.283 e. The summed E-state index contributed by atoms with van der Waals surface area (Å²) in [5.74, 6) is -0.131. The zero-order valence-corrected chi connectivity index (χ0v) is 16.7. The van der Waals surface area contributed by atoms with Crippen molar-refractivity contribution in [2.24, 2.45) is 0 Å². The Bertz CT molecular complexity index is 928. The molecule has 1 heterocycles. The van der Waals surface area contributed by atoms with Gasteiger partial charge in [0.05, 0.1) is 4.92 Å². The molecule has 0 unspecified atom stereocenters. The molecule has 0 spiro atoms. The zero-order chi connectivity index (χ0) is 21.0. The number of nitro groups is 1. The number of halogens is 2. The molecular formula is C19H17Cl2N3O5. The summed E-state index contributed by atoms with van der Waals surface area (Å²) in [4.78, 5) is 38.7. The quantitative estimate of drug-likeness (QED) is 0.528. The van der Waals surface area contributed by atoms with Crippen molar-refractivity contribution in [3.8, 4) is 5.75 Å². The second kappa shape index (κ2) is 9.11. The molecular weight excluding hydrogens is 421 g/mol. The summed E-state index contributed by atoms with van der Waals surface area (Å²) in [6.07, 6.45) is 0. The van der Waals surface area contributed by atoms with Crippen molar-refractivity contribution in [1.29, 1.82) is 0 Å². The van der Waals surface area contributed by atoms with Gasteiger partial charge in [0.1, 0.15) is 11.3 Å². The van der Waals surface area contributed by atoms with E-state index in [1.807, 2.05) is 0 Å². The van der Waals surface area contributed by atoms with Gasteiger partial charge in [0, 0.05) is 42.3 Å². The number of ether oxygens (including phenoxy) is 1. The lowest BCUT2D eigenvalue weighted by molar-refractivity contribution is -0.385. The van der Waals surface area contributed by atoms with E-state index in [1.165, 1.54) is 17.0 Å². The number of amides is 2. The molecule has 1 saturated heterocycles. The number of benzene rings is 2. The highest BCUT2D eigenvalue weighted by Gasteiger charge is 2.29. The molecule has 1 aliphatic rings. The highest BCUT2D eigenvalue weighted by atomic mass is 35.5. The molecule has 0 aromatic heterocycles. The monoisotopic (exact) mass is 437 g/mol. The molecule has 0 saturated carbocycles. The highest BCUT2D eigenvalue weighted by Crippen LogP contribution is 2.25. The van der Waals surface area contributed by atoms with Gasteiger partial charge < -0.3 is 14.5 Å². The summed E-state index contributed by atoms with van der Waals surface area (Å²) in [6.45, 7) is 1.04. The van der Waals surface area contributed by atoms with Crippen LogP contribution in [0, 0.1) is 10.1 Å². The van der Waals surface area contributed by atoms with E-state index in [9.17, 15) is 19.7 Å². The maximum absolute atomic E-state index is 12.7. The van der Waals surface area contributed by atoms with Crippen LogP contribution in [-0.2, 0) is 4.79 Å². The summed E-state index contributed by atoms with van der Waals surface area (Å²) in [5, 5.41) is 12.0. The molecule has 0 atom stereocenters. The van der Waals surface area contributed by atoms with Crippen LogP contribution in [0.15, 0.2) is 42.5 Å². The van der Waals surface area contributed by atoms with Crippen molar-refractivity contribution in [1.82, 2.24) is 9.80 Å². The number of hydrogen-bond donors (Lipinski definition) is 0. The van der Waals surface area contributed by atoms with Gasteiger partial charge in [-0.3, -0.25) is 19.7 Å². The average molecular weight is 438 g/mol. The van der Waals surface area contributed by atoms with E-state index in [0.29, 0.717) is 23.9 Å². The molecule has 2 aromatic carbocycles. The molecule has 10 heteroatoms. The van der Waals surface area contributed by atoms with Crippen molar-refractivity contribution in [2.75, 3.05) is 32.8 Å². The molecule has 152 valence electrons. The van der Waals surface area contributed by atoms with Crippen LogP contribution in [0.25, 0.3) is 0 Å². The van der Waals surface area contributed by atoms with Gasteiger partial charge in [-0.05, 0) is 36.4 Å². The van der Waals surface area contributed by atoms with Gasteiger partial charge in [0.2, 0.25) is 0 Å². The minimum Gasteiger partial charge on any atom is -0.484 e. The van der Waals surface area contributed by atoms with Crippen LogP contribution in [0.3, 0.4) is 0 Å². The predicted molar refractivity (Wildman–Crippen MR) is 108 cm³/mol. The summed E-state index contributed by atoms with van der Waals surface area (Å²) in [7, 11) is 0. The average Bonchev–Trinajstić information content (AvgIpc) is 2.72. The van der Waals surface area contributed by atoms with Crippen molar-refractivity contribution >= 4 is 40.7 Å². The number of piperazine rings is 1. The van der Waals surface area contributed by atoms with Crippen LogP contribution < -0.4 is 4.74 Å². The first-order valence-corrected chi connectivity index (χ1v) is 9.50. The molecule has 3 rings (SSSR count). The Balaban J connectivity index is 1.56. The Morgan fingerprint density at radius 2 is 1.55 bits per heavy atom. The van der Waals surface area contributed by atoms with E-state index in [-0.39, 0.29) is 41.9 Å². The lowest BCUT2D eigenvalue weighted by atomic mass is 10.1. The topological polar surface area (TPSA) is 93.0 Å². The minimum absolute atomic E-state index is 0.0229. The summed E-state index contributed by atoms with van der Waals surface area (Å²) in [5.41, 5.74) is -0.359. The van der Waals surface area contributed by atoms with Gasteiger partial charge in [0.25, 0.3) is 17.5 Å². The van der Waals surface area contributed by atoms with E-state index in [1.54, 1.807) is 29.2 Å². The Morgan fingerprint density at radius 3 is 2.17 bits per heavy atom. The second-order valence-corrected chi connectivity index (χ2v) is 7.21. The number of nitro benzene ring substituents is 1. The maximum Gasteiger partial charge on any atom is 0.283 e. The summed E-state index contributed by atoms with van der Waals surface area (Å²) < 4.78 is 5.46. The van der Waals surface area contributed by atoms with Crippen molar-refractivity contribution in [3.05, 3.63) is 68.2 Å². The molecule has 1 fully saturated rings. The first kappa shape index (κ1) is 20.9. The van der Waals surface area contributed by atoms with Crippen LogP contribution in [0.2, 0.25) is 10.0 Å². The van der Waals surface area contributed by atoms with Crippen LogP contribution >= 0.6 is 23.2 Å². The standard InChI is InChI=1S/C19H17Cl2N3O5/c20-13-1-4-15(5-2-13)29-12-18(25)22-7-9-23(10-8-22)19(26)16-6-3-14(21)11-17(16)24(27)28/h1-6,11H,7-10,12H2. The Kier molecular flexibility index (Phi) is 6.56. The third-order valence-corrected chi connectivity index (χ3v) is 4.97. The minimum atomic E-state index is -0.632. The Morgan fingerprint density at radius 1 is 0.966 bits per heavy atom. The fraction of sp³-hybridized carbons (Fsp3) is 0.263. The molecule has 29 heavy (non-hydrogen) atoms. The van der Waals surface area contributed by atoms with Crippen LogP contribution in [-0.4, -0.2) is 59.3 Å². The molecule has 0 N–H and O–H groups in total. The van der Waals surface area contributed by atoms with Gasteiger partial charge in [-0.1, -0.05) is 23.2 Å². The summed E-state index contributed by atoms with van der Waals surface area (Å²) in [6, 6.07) is 10.6. The highest BCUT2D eigenvalue weighted by molar-refractivity contribution is 6.31. The van der Waals surface area contributed by atoms with E-state index >= 15 is 0 Å². The largest absolute Gasteiger partial charge is 0.484 e. The molecule has 1 aliphatic heterocycles.